The third kappa shape index (κ3) is 3.90. The minimum atomic E-state index is -4.79. The van der Waals surface area contributed by atoms with Gasteiger partial charge in [-0.15, -0.1) is 5.48 Å². The van der Waals surface area contributed by atoms with Gasteiger partial charge in [-0.1, -0.05) is 39.0 Å². The molecule has 0 spiro atoms. The van der Waals surface area contributed by atoms with E-state index in [0.29, 0.717) is 0 Å². The van der Waals surface area contributed by atoms with Crippen LogP contribution < -0.4 is 11.2 Å². The first-order valence-electron chi connectivity index (χ1n) is 12.3. The van der Waals surface area contributed by atoms with Gasteiger partial charge in [-0.3, -0.25) is 9.59 Å². The number of amides is 2. The van der Waals surface area contributed by atoms with E-state index >= 15 is 0 Å². The van der Waals surface area contributed by atoms with Crippen molar-refractivity contribution in [3.8, 4) is 0 Å². The second-order valence-electron chi connectivity index (χ2n) is 11.2. The van der Waals surface area contributed by atoms with E-state index in [2.05, 4.69) is 0 Å². The van der Waals surface area contributed by atoms with Crippen LogP contribution in [0.4, 0.5) is 18.0 Å². The molecule has 0 aliphatic heterocycles. The first-order valence-corrected chi connectivity index (χ1v) is 12.3. The normalized spacial score (nSPS) is 29.7. The molecular weight excluding hydrogens is 509 g/mol. The molecular formula is C26H33F3N2O7. The van der Waals surface area contributed by atoms with Crippen molar-refractivity contribution in [2.45, 2.75) is 72.1 Å². The van der Waals surface area contributed by atoms with Crippen LogP contribution >= 0.6 is 0 Å². The highest BCUT2D eigenvalue weighted by atomic mass is 19.4. The van der Waals surface area contributed by atoms with Gasteiger partial charge >= 0.3 is 24.2 Å². The zero-order valence-electron chi connectivity index (χ0n) is 22.1. The predicted octanol–water partition coefficient (Wildman–Crippen LogP) is 4.40. The van der Waals surface area contributed by atoms with Gasteiger partial charge in [-0.05, 0) is 57.1 Å². The summed E-state index contributed by atoms with van der Waals surface area (Å²) in [5.41, 5.74) is -0.117. The number of hydrogen-bond donors (Lipinski definition) is 3. The number of carboxylic acids is 1. The van der Waals surface area contributed by atoms with Gasteiger partial charge in [-0.2, -0.15) is 13.2 Å². The van der Waals surface area contributed by atoms with Crippen molar-refractivity contribution in [3.63, 3.8) is 0 Å². The Morgan fingerprint density at radius 2 is 1.63 bits per heavy atom. The average molecular weight is 543 g/mol. The molecule has 2 saturated carbocycles. The third-order valence-corrected chi connectivity index (χ3v) is 8.53. The second kappa shape index (κ2) is 9.16. The summed E-state index contributed by atoms with van der Waals surface area (Å²) in [5.74, 6) is -7.58. The molecule has 9 nitrogen and oxygen atoms in total. The number of carbonyl (C=O) groups is 4. The van der Waals surface area contributed by atoms with Crippen molar-refractivity contribution in [3.05, 3.63) is 35.4 Å². The van der Waals surface area contributed by atoms with E-state index in [1.807, 2.05) is 5.48 Å². The van der Waals surface area contributed by atoms with Crippen LogP contribution in [0.15, 0.2) is 24.3 Å². The van der Waals surface area contributed by atoms with Crippen LogP contribution in [-0.2, 0) is 30.1 Å². The predicted molar refractivity (Wildman–Crippen MR) is 127 cm³/mol. The maximum atomic E-state index is 14.1. The molecule has 0 bridgehead atoms. The number of carboxylic acid groups (broad SMARTS) is 1. The Balaban J connectivity index is 2.27. The van der Waals surface area contributed by atoms with E-state index in [9.17, 15) is 37.5 Å². The molecule has 0 saturated heterocycles. The van der Waals surface area contributed by atoms with Gasteiger partial charge in [0.15, 0.2) is 5.41 Å². The molecule has 1 aromatic rings. The van der Waals surface area contributed by atoms with Gasteiger partial charge in [0.05, 0.1) is 11.5 Å². The number of benzene rings is 1. The Labute approximate surface area is 218 Å². The topological polar surface area (TPSA) is 145 Å². The molecule has 4 N–H and O–H groups in total. The quantitative estimate of drug-likeness (QED) is 0.357. The fourth-order valence-corrected chi connectivity index (χ4v) is 7.33. The number of halogens is 3. The minimum Gasteiger partial charge on any atom is -0.481 e. The van der Waals surface area contributed by atoms with Gasteiger partial charge in [-0.25, -0.2) is 9.59 Å². The molecule has 1 aromatic carbocycles. The Hall–Kier alpha value is -3.31. The lowest BCUT2D eigenvalue weighted by Gasteiger charge is -2.49. The van der Waals surface area contributed by atoms with Crippen molar-refractivity contribution in [2.75, 3.05) is 0 Å². The average Bonchev–Trinajstić information content (AvgIpc) is 3.34. The number of alkyl halides is 3. The lowest BCUT2D eigenvalue weighted by Crippen LogP contribution is -2.61. The van der Waals surface area contributed by atoms with Crippen LogP contribution in [0.1, 0.15) is 71.4 Å². The number of rotatable bonds is 6. The van der Waals surface area contributed by atoms with Gasteiger partial charge < -0.3 is 20.4 Å². The van der Waals surface area contributed by atoms with Crippen LogP contribution in [0, 0.1) is 28.1 Å². The summed E-state index contributed by atoms with van der Waals surface area (Å²) in [7, 11) is 0. The van der Waals surface area contributed by atoms with Crippen LogP contribution in [-0.4, -0.2) is 34.6 Å². The van der Waals surface area contributed by atoms with E-state index in [0.717, 1.165) is 6.07 Å². The van der Waals surface area contributed by atoms with Gasteiger partial charge in [0.2, 0.25) is 5.91 Å². The summed E-state index contributed by atoms with van der Waals surface area (Å²) in [6.07, 6.45) is -5.97. The molecule has 2 aliphatic carbocycles. The SMILES string of the molecule is CCC1(CC)C(c2ccccc2C(F)(F)F)C2C(C(=O)O)C2(C)C1(C(N)=O)C(=O)ONC(=O)OC(C)(C)C. The van der Waals surface area contributed by atoms with E-state index in [1.54, 1.807) is 34.6 Å². The fraction of sp³-hybridized carbons (Fsp3) is 0.615. The largest absolute Gasteiger partial charge is 0.481 e. The lowest BCUT2D eigenvalue weighted by molar-refractivity contribution is -0.184. The van der Waals surface area contributed by atoms with Gasteiger partial charge in [0.25, 0.3) is 0 Å². The van der Waals surface area contributed by atoms with E-state index in [1.165, 1.54) is 25.1 Å². The number of nitrogens with one attached hydrogen (secondary N) is 1. The molecule has 2 aliphatic rings. The number of ether oxygens (including phenoxy) is 1. The molecule has 3 rings (SSSR count). The standard InChI is InChI=1S/C26H33F3N2O7/c1-7-24(8-2)15(13-11-9-10-12-14(13)26(27,28)29)16-17(18(32)33)23(16,6)25(24,19(30)34)20(35)38-31-21(36)37-22(3,4)5/h9-12,15-17H,7-8H2,1-6H3,(H2,30,34)(H,31,36)(H,32,33). The summed E-state index contributed by atoms with van der Waals surface area (Å²) in [4.78, 5) is 56.9. The first-order chi connectivity index (χ1) is 17.4. The van der Waals surface area contributed by atoms with Gasteiger partial charge in [0, 0.05) is 10.8 Å². The van der Waals surface area contributed by atoms with Crippen molar-refractivity contribution in [2.24, 2.45) is 33.8 Å². The van der Waals surface area contributed by atoms with Crippen LogP contribution in [0.3, 0.4) is 0 Å². The Bertz CT molecular complexity index is 1160. The molecule has 2 amide bonds. The van der Waals surface area contributed by atoms with E-state index in [4.69, 9.17) is 15.3 Å². The molecule has 5 atom stereocenters. The summed E-state index contributed by atoms with van der Waals surface area (Å²) in [6, 6.07) is 4.73. The van der Waals surface area contributed by atoms with Crippen molar-refractivity contribution in [1.82, 2.24) is 5.48 Å². The molecule has 2 fully saturated rings. The number of nitrogens with two attached hydrogens (primary N) is 1. The highest BCUT2D eigenvalue weighted by Gasteiger charge is 2.92. The molecule has 210 valence electrons. The number of hydroxylamine groups is 1. The van der Waals surface area contributed by atoms with Crippen molar-refractivity contribution < 1.29 is 47.0 Å². The van der Waals surface area contributed by atoms with E-state index < -0.39 is 75.3 Å². The number of aliphatic carboxylic acids is 1. The summed E-state index contributed by atoms with van der Waals surface area (Å²) in [5, 5.41) is 10.1. The molecule has 0 heterocycles. The van der Waals surface area contributed by atoms with Crippen molar-refractivity contribution >= 4 is 23.9 Å². The fourth-order valence-electron chi connectivity index (χ4n) is 7.33. The molecule has 0 radical (unpaired) electrons. The van der Waals surface area contributed by atoms with Gasteiger partial charge in [0.1, 0.15) is 5.60 Å². The van der Waals surface area contributed by atoms with Crippen LogP contribution in [0.25, 0.3) is 0 Å². The zero-order valence-corrected chi connectivity index (χ0v) is 22.1. The number of primary amides is 1. The third-order valence-electron chi connectivity index (χ3n) is 8.53. The first kappa shape index (κ1) is 29.2. The smallest absolute Gasteiger partial charge is 0.441 e. The maximum Gasteiger partial charge on any atom is 0.441 e. The molecule has 12 heteroatoms. The molecule has 0 aromatic heterocycles. The summed E-state index contributed by atoms with van der Waals surface area (Å²) < 4.78 is 47.5. The summed E-state index contributed by atoms with van der Waals surface area (Å²) >= 11 is 0. The minimum absolute atomic E-state index is 0.0107. The van der Waals surface area contributed by atoms with E-state index in [-0.39, 0.29) is 18.4 Å². The Morgan fingerprint density at radius 3 is 2.08 bits per heavy atom. The highest BCUT2D eigenvalue weighted by molar-refractivity contribution is 6.07. The number of carbonyl (C=O) groups excluding carboxylic acids is 3. The summed E-state index contributed by atoms with van der Waals surface area (Å²) in [6.45, 7) is 9.25. The maximum absolute atomic E-state index is 14.1. The monoisotopic (exact) mass is 542 g/mol. The lowest BCUT2D eigenvalue weighted by atomic mass is 9.51. The number of fused-ring (bicyclic) bond motifs is 1. The van der Waals surface area contributed by atoms with Crippen molar-refractivity contribution in [1.29, 1.82) is 0 Å². The van der Waals surface area contributed by atoms with Crippen LogP contribution in [0.5, 0.6) is 0 Å². The zero-order chi connectivity index (χ0) is 29.1. The Morgan fingerprint density at radius 1 is 1.08 bits per heavy atom. The number of hydrogen-bond acceptors (Lipinski definition) is 6. The molecule has 5 unspecified atom stereocenters. The highest BCUT2D eigenvalue weighted by Crippen LogP contribution is 2.87. The Kier molecular flexibility index (Phi) is 7.05. The second-order valence-corrected chi connectivity index (χ2v) is 11.2. The molecule has 38 heavy (non-hydrogen) atoms. The van der Waals surface area contributed by atoms with Crippen LogP contribution in [0.2, 0.25) is 0 Å².